The second-order valence-electron chi connectivity index (χ2n) is 4.64. The van der Waals surface area contributed by atoms with Crippen LogP contribution in [-0.2, 0) is 4.79 Å². The van der Waals surface area contributed by atoms with E-state index in [0.29, 0.717) is 16.3 Å². The molecule has 0 spiro atoms. The number of nitro groups is 1. The number of hydrogen-bond acceptors (Lipinski definition) is 4. The summed E-state index contributed by atoms with van der Waals surface area (Å²) in [5, 5.41) is 13.9. The molecule has 2 rings (SSSR count). The summed E-state index contributed by atoms with van der Waals surface area (Å²) >= 11 is 9.26. The molecule has 6 nitrogen and oxygen atoms in total. The van der Waals surface area contributed by atoms with Crippen molar-refractivity contribution in [2.45, 2.75) is 6.92 Å². The van der Waals surface area contributed by atoms with Gasteiger partial charge in [0.2, 0.25) is 0 Å². The highest BCUT2D eigenvalue weighted by atomic mass is 79.9. The third-order valence-corrected chi connectivity index (χ3v) is 3.75. The van der Waals surface area contributed by atoms with Gasteiger partial charge in [-0.05, 0) is 30.7 Å². The van der Waals surface area contributed by atoms with Crippen LogP contribution < -0.4 is 10.1 Å². The number of ether oxygens (including phenoxy) is 1. The van der Waals surface area contributed by atoms with Crippen LogP contribution in [-0.4, -0.2) is 17.4 Å². The minimum atomic E-state index is -0.547. The van der Waals surface area contributed by atoms with Gasteiger partial charge in [0, 0.05) is 10.5 Å². The van der Waals surface area contributed by atoms with Gasteiger partial charge in [-0.1, -0.05) is 39.7 Å². The van der Waals surface area contributed by atoms with E-state index in [1.165, 1.54) is 6.07 Å². The Kier molecular flexibility index (Phi) is 5.57. The Balaban J connectivity index is 2.07. The summed E-state index contributed by atoms with van der Waals surface area (Å²) in [5.41, 5.74) is 0.585. The van der Waals surface area contributed by atoms with Gasteiger partial charge in [-0.15, -0.1) is 0 Å². The first-order valence-corrected chi connectivity index (χ1v) is 7.67. The van der Waals surface area contributed by atoms with Crippen molar-refractivity contribution in [3.63, 3.8) is 0 Å². The smallest absolute Gasteiger partial charge is 0.293 e. The van der Waals surface area contributed by atoms with Crippen molar-refractivity contribution in [3.8, 4) is 5.75 Å². The average Bonchev–Trinajstić information content (AvgIpc) is 2.48. The third-order valence-electron chi connectivity index (χ3n) is 2.96. The summed E-state index contributed by atoms with van der Waals surface area (Å²) < 4.78 is 6.12. The predicted octanol–water partition coefficient (Wildman–Crippen LogP) is 4.34. The highest BCUT2D eigenvalue weighted by Crippen LogP contribution is 2.29. The molecule has 0 heterocycles. The first kappa shape index (κ1) is 17.2. The van der Waals surface area contributed by atoms with Crippen LogP contribution in [0, 0.1) is 17.0 Å². The Morgan fingerprint density at radius 3 is 2.78 bits per heavy atom. The number of hydrogen-bond donors (Lipinski definition) is 1. The van der Waals surface area contributed by atoms with E-state index in [1.54, 1.807) is 37.3 Å². The van der Waals surface area contributed by atoms with Crippen molar-refractivity contribution in [1.82, 2.24) is 0 Å². The lowest BCUT2D eigenvalue weighted by Gasteiger charge is -2.10. The van der Waals surface area contributed by atoms with Crippen LogP contribution in [0.4, 0.5) is 11.4 Å². The van der Waals surface area contributed by atoms with Crippen LogP contribution in [0.15, 0.2) is 40.9 Å². The first-order chi connectivity index (χ1) is 10.9. The van der Waals surface area contributed by atoms with E-state index in [2.05, 4.69) is 21.2 Å². The highest BCUT2D eigenvalue weighted by Gasteiger charge is 2.18. The third kappa shape index (κ3) is 4.43. The molecule has 2 aromatic rings. The largest absolute Gasteiger partial charge is 0.482 e. The van der Waals surface area contributed by atoms with Gasteiger partial charge in [0.1, 0.15) is 11.4 Å². The van der Waals surface area contributed by atoms with Gasteiger partial charge < -0.3 is 10.1 Å². The van der Waals surface area contributed by atoms with Gasteiger partial charge in [0.25, 0.3) is 11.6 Å². The van der Waals surface area contributed by atoms with Crippen LogP contribution in [0.3, 0.4) is 0 Å². The maximum atomic E-state index is 12.0. The molecule has 0 radical (unpaired) electrons. The fraction of sp³-hybridized carbons (Fsp3) is 0.133. The first-order valence-electron chi connectivity index (χ1n) is 6.50. The van der Waals surface area contributed by atoms with Crippen molar-refractivity contribution in [2.75, 3.05) is 11.9 Å². The molecule has 23 heavy (non-hydrogen) atoms. The molecule has 0 aliphatic carbocycles. The molecular weight excluding hydrogens is 388 g/mol. The summed E-state index contributed by atoms with van der Waals surface area (Å²) in [7, 11) is 0. The number of nitrogens with zero attached hydrogens (tertiary/aromatic N) is 1. The summed E-state index contributed by atoms with van der Waals surface area (Å²) in [5.74, 6) is -0.161. The van der Waals surface area contributed by atoms with Crippen molar-refractivity contribution in [2.24, 2.45) is 0 Å². The van der Waals surface area contributed by atoms with Crippen LogP contribution in [0.25, 0.3) is 0 Å². The fourth-order valence-corrected chi connectivity index (χ4v) is 2.61. The molecule has 0 fully saturated rings. The zero-order chi connectivity index (χ0) is 17.0. The van der Waals surface area contributed by atoms with Crippen molar-refractivity contribution in [1.29, 1.82) is 0 Å². The number of halogens is 2. The number of rotatable bonds is 5. The second kappa shape index (κ2) is 7.43. The summed E-state index contributed by atoms with van der Waals surface area (Å²) in [4.78, 5) is 22.4. The van der Waals surface area contributed by atoms with Crippen molar-refractivity contribution in [3.05, 3.63) is 61.6 Å². The summed E-state index contributed by atoms with van der Waals surface area (Å²) in [6, 6.07) is 9.55. The lowest BCUT2D eigenvalue weighted by atomic mass is 10.1. The number of benzene rings is 2. The Morgan fingerprint density at radius 1 is 1.39 bits per heavy atom. The molecule has 8 heteroatoms. The van der Waals surface area contributed by atoms with Gasteiger partial charge >= 0.3 is 0 Å². The van der Waals surface area contributed by atoms with Gasteiger partial charge in [0.05, 0.1) is 9.95 Å². The summed E-state index contributed by atoms with van der Waals surface area (Å²) in [6.07, 6.45) is 0. The maximum absolute atomic E-state index is 12.0. The number of para-hydroxylation sites is 1. The molecule has 0 aromatic heterocycles. The number of aryl methyl sites for hydroxylation is 1. The Morgan fingerprint density at radius 2 is 2.13 bits per heavy atom. The van der Waals surface area contributed by atoms with E-state index >= 15 is 0 Å². The minimum absolute atomic E-state index is 0.160. The molecule has 0 aliphatic rings. The number of nitro benzene ring substituents is 1. The minimum Gasteiger partial charge on any atom is -0.482 e. The van der Waals surface area contributed by atoms with Gasteiger partial charge in [-0.25, -0.2) is 0 Å². The lowest BCUT2D eigenvalue weighted by Crippen LogP contribution is -2.21. The number of anilines is 1. The average molecular weight is 400 g/mol. The van der Waals surface area contributed by atoms with Crippen LogP contribution in [0.1, 0.15) is 5.56 Å². The molecular formula is C15H12BrClN2O4. The Labute approximate surface area is 145 Å². The van der Waals surface area contributed by atoms with Gasteiger partial charge in [0.15, 0.2) is 6.61 Å². The zero-order valence-electron chi connectivity index (χ0n) is 12.0. The maximum Gasteiger partial charge on any atom is 0.293 e. The topological polar surface area (TPSA) is 81.5 Å². The number of amides is 1. The molecule has 0 aliphatic heterocycles. The van der Waals surface area contributed by atoms with Gasteiger partial charge in [-0.3, -0.25) is 14.9 Å². The standard InChI is InChI=1S/C15H12BrClN2O4/c1-9-3-2-4-12(19(21)22)15(9)18-14(20)8-23-13-6-5-10(16)7-11(13)17/h2-7H,8H2,1H3,(H,18,20). The molecule has 2 aromatic carbocycles. The fourth-order valence-electron chi connectivity index (χ4n) is 1.88. The molecule has 0 saturated carbocycles. The zero-order valence-corrected chi connectivity index (χ0v) is 14.3. The predicted molar refractivity (Wildman–Crippen MR) is 91.1 cm³/mol. The molecule has 0 unspecified atom stereocenters. The van der Waals surface area contributed by atoms with E-state index in [0.717, 1.165) is 4.47 Å². The van der Waals surface area contributed by atoms with E-state index in [1.807, 2.05) is 0 Å². The van der Waals surface area contributed by atoms with E-state index < -0.39 is 10.8 Å². The lowest BCUT2D eigenvalue weighted by molar-refractivity contribution is -0.384. The number of carbonyl (C=O) groups is 1. The quantitative estimate of drug-likeness (QED) is 0.599. The molecule has 120 valence electrons. The molecule has 0 atom stereocenters. The number of carbonyl (C=O) groups excluding carboxylic acids is 1. The van der Waals surface area contributed by atoms with E-state index in [-0.39, 0.29) is 18.0 Å². The molecule has 1 N–H and O–H groups in total. The Bertz CT molecular complexity index is 767. The van der Waals surface area contributed by atoms with Crippen LogP contribution >= 0.6 is 27.5 Å². The SMILES string of the molecule is Cc1cccc([N+](=O)[O-])c1NC(=O)COc1ccc(Br)cc1Cl. The highest BCUT2D eigenvalue weighted by molar-refractivity contribution is 9.10. The van der Waals surface area contributed by atoms with Crippen LogP contribution in [0.5, 0.6) is 5.75 Å². The van der Waals surface area contributed by atoms with E-state index in [9.17, 15) is 14.9 Å². The van der Waals surface area contributed by atoms with Gasteiger partial charge in [-0.2, -0.15) is 0 Å². The normalized spacial score (nSPS) is 10.2. The molecule has 0 saturated heterocycles. The molecule has 1 amide bonds. The molecule has 0 bridgehead atoms. The van der Waals surface area contributed by atoms with Crippen molar-refractivity contribution >= 4 is 44.8 Å². The van der Waals surface area contributed by atoms with Crippen LogP contribution in [0.2, 0.25) is 5.02 Å². The van der Waals surface area contributed by atoms with Crippen molar-refractivity contribution < 1.29 is 14.5 Å². The summed E-state index contributed by atoms with van der Waals surface area (Å²) in [6.45, 7) is 1.36. The Hall–Kier alpha value is -2.12. The van der Waals surface area contributed by atoms with E-state index in [4.69, 9.17) is 16.3 Å². The second-order valence-corrected chi connectivity index (χ2v) is 5.96. The monoisotopic (exact) mass is 398 g/mol. The number of nitrogens with one attached hydrogen (secondary N) is 1.